The Hall–Kier alpha value is -0.330. The van der Waals surface area contributed by atoms with Crippen molar-refractivity contribution in [2.45, 2.75) is 103 Å². The quantitative estimate of drug-likeness (QED) is 0.636. The minimum atomic E-state index is -4.12. The molecule has 1 saturated heterocycles. The van der Waals surface area contributed by atoms with E-state index in [9.17, 15) is 13.2 Å². The summed E-state index contributed by atoms with van der Waals surface area (Å²) in [6.07, 6.45) is 6.06. The third-order valence-corrected chi connectivity index (χ3v) is 5.61. The van der Waals surface area contributed by atoms with Crippen LogP contribution in [0.3, 0.4) is 0 Å². The van der Waals surface area contributed by atoms with Crippen LogP contribution < -0.4 is 0 Å². The van der Waals surface area contributed by atoms with E-state index in [1.807, 2.05) is 18.7 Å². The monoisotopic (exact) mass is 394 g/mol. The zero-order valence-corrected chi connectivity index (χ0v) is 17.8. The van der Waals surface area contributed by atoms with Gasteiger partial charge < -0.3 is 10.0 Å². The van der Waals surface area contributed by atoms with Crippen LogP contribution in [0.2, 0.25) is 0 Å². The second-order valence-corrected chi connectivity index (χ2v) is 8.78. The van der Waals surface area contributed by atoms with Crippen molar-refractivity contribution >= 4 is 0 Å². The minimum absolute atomic E-state index is 0.0462. The van der Waals surface area contributed by atoms with Gasteiger partial charge in [0.2, 0.25) is 0 Å². The number of aliphatic hydroxyl groups is 1. The van der Waals surface area contributed by atoms with Crippen LogP contribution in [0.15, 0.2) is 0 Å². The third-order valence-electron chi connectivity index (χ3n) is 5.61. The molecule has 6 heteroatoms. The van der Waals surface area contributed by atoms with Crippen LogP contribution in [-0.4, -0.2) is 65.4 Å². The molecule has 2 rings (SSSR count). The lowest BCUT2D eigenvalue weighted by Crippen LogP contribution is -2.60. The van der Waals surface area contributed by atoms with Gasteiger partial charge in [0.05, 0.1) is 0 Å². The predicted octanol–water partition coefficient (Wildman–Crippen LogP) is 5.08. The smallest absolute Gasteiger partial charge is 0.394 e. The van der Waals surface area contributed by atoms with Crippen LogP contribution in [-0.2, 0) is 0 Å². The first-order valence-corrected chi connectivity index (χ1v) is 10.8. The van der Waals surface area contributed by atoms with E-state index in [1.54, 1.807) is 18.7 Å². The van der Waals surface area contributed by atoms with Gasteiger partial charge in [-0.05, 0) is 46.6 Å². The summed E-state index contributed by atoms with van der Waals surface area (Å²) in [7, 11) is 0. The zero-order chi connectivity index (χ0) is 20.4. The van der Waals surface area contributed by atoms with Gasteiger partial charge in [0.1, 0.15) is 6.04 Å². The Morgan fingerprint density at radius 3 is 2.07 bits per heavy atom. The first-order chi connectivity index (χ1) is 12.6. The van der Waals surface area contributed by atoms with E-state index in [0.717, 1.165) is 25.4 Å². The van der Waals surface area contributed by atoms with Gasteiger partial charge in [0, 0.05) is 31.8 Å². The van der Waals surface area contributed by atoms with Gasteiger partial charge in [-0.15, -0.1) is 0 Å². The molecule has 162 valence electrons. The lowest BCUT2D eigenvalue weighted by atomic mass is 9.86. The molecule has 0 aromatic heterocycles. The van der Waals surface area contributed by atoms with Crippen LogP contribution in [0.4, 0.5) is 13.2 Å². The SMILES string of the molecule is CC(C)N1CCN(CCCCC2CCCCC2)CC1C(F)(F)F.CC(C)O. The highest BCUT2D eigenvalue weighted by molar-refractivity contribution is 4.88. The van der Waals surface area contributed by atoms with Crippen molar-refractivity contribution < 1.29 is 18.3 Å². The molecule has 0 amide bonds. The second-order valence-electron chi connectivity index (χ2n) is 8.78. The van der Waals surface area contributed by atoms with Gasteiger partial charge in [-0.3, -0.25) is 4.90 Å². The summed E-state index contributed by atoms with van der Waals surface area (Å²) in [6, 6.07) is -1.34. The van der Waals surface area contributed by atoms with E-state index in [4.69, 9.17) is 5.11 Å². The third kappa shape index (κ3) is 10.1. The Labute approximate surface area is 164 Å². The summed E-state index contributed by atoms with van der Waals surface area (Å²) in [5.74, 6) is 0.879. The number of unbranched alkanes of at least 4 members (excludes halogenated alkanes) is 1. The molecule has 2 fully saturated rings. The number of piperazine rings is 1. The lowest BCUT2D eigenvalue weighted by Gasteiger charge is -2.44. The molecule has 3 nitrogen and oxygen atoms in total. The highest BCUT2D eigenvalue weighted by Gasteiger charge is 2.46. The van der Waals surface area contributed by atoms with Crippen molar-refractivity contribution in [3.05, 3.63) is 0 Å². The van der Waals surface area contributed by atoms with Gasteiger partial charge in [-0.25, -0.2) is 0 Å². The average Bonchev–Trinajstić information content (AvgIpc) is 2.58. The molecule has 1 aliphatic heterocycles. The maximum absolute atomic E-state index is 13.3. The van der Waals surface area contributed by atoms with E-state index >= 15 is 0 Å². The Balaban J connectivity index is 0.000000828. The number of hydrogen-bond acceptors (Lipinski definition) is 3. The number of nitrogens with zero attached hydrogens (tertiary/aromatic N) is 2. The molecule has 1 heterocycles. The molecule has 1 saturated carbocycles. The Kier molecular flexibility index (Phi) is 11.2. The summed E-state index contributed by atoms with van der Waals surface area (Å²) in [5, 5.41) is 8.06. The van der Waals surface area contributed by atoms with Crippen molar-refractivity contribution in [3.63, 3.8) is 0 Å². The van der Waals surface area contributed by atoms with E-state index in [-0.39, 0.29) is 18.7 Å². The molecule has 1 unspecified atom stereocenters. The van der Waals surface area contributed by atoms with Crippen LogP contribution in [0.25, 0.3) is 0 Å². The second kappa shape index (κ2) is 12.3. The molecule has 1 aliphatic carbocycles. The number of alkyl halides is 3. The molecule has 0 radical (unpaired) electrons. The van der Waals surface area contributed by atoms with Gasteiger partial charge in [0.25, 0.3) is 0 Å². The molecule has 2 aliphatic rings. The normalized spacial score (nSPS) is 23.6. The summed E-state index contributed by atoms with van der Waals surface area (Å²) in [4.78, 5) is 3.64. The van der Waals surface area contributed by atoms with E-state index in [1.165, 1.54) is 44.9 Å². The number of hydrogen-bond donors (Lipinski definition) is 1. The summed E-state index contributed by atoms with van der Waals surface area (Å²) in [5.41, 5.74) is 0. The lowest BCUT2D eigenvalue weighted by molar-refractivity contribution is -0.202. The first-order valence-electron chi connectivity index (χ1n) is 10.8. The molecular formula is C21H41F3N2O. The first kappa shape index (κ1) is 24.7. The fourth-order valence-corrected chi connectivity index (χ4v) is 4.21. The molecule has 0 bridgehead atoms. The summed E-state index contributed by atoms with van der Waals surface area (Å²) >= 11 is 0. The zero-order valence-electron chi connectivity index (χ0n) is 17.8. The van der Waals surface area contributed by atoms with Crippen molar-refractivity contribution in [2.24, 2.45) is 5.92 Å². The molecule has 0 aromatic carbocycles. The summed E-state index contributed by atoms with van der Waals surface area (Å²) < 4.78 is 39.9. The van der Waals surface area contributed by atoms with Crippen molar-refractivity contribution in [1.82, 2.24) is 9.80 Å². The molecule has 0 aromatic rings. The Morgan fingerprint density at radius 1 is 0.963 bits per heavy atom. The van der Waals surface area contributed by atoms with Crippen molar-refractivity contribution in [1.29, 1.82) is 0 Å². The van der Waals surface area contributed by atoms with E-state index < -0.39 is 12.2 Å². The topological polar surface area (TPSA) is 26.7 Å². The molecule has 1 atom stereocenters. The molecule has 27 heavy (non-hydrogen) atoms. The highest BCUT2D eigenvalue weighted by atomic mass is 19.4. The van der Waals surface area contributed by atoms with Crippen LogP contribution in [0, 0.1) is 5.92 Å². The van der Waals surface area contributed by atoms with Gasteiger partial charge >= 0.3 is 6.18 Å². The maximum atomic E-state index is 13.3. The maximum Gasteiger partial charge on any atom is 0.405 e. The molecule has 0 spiro atoms. The summed E-state index contributed by atoms with van der Waals surface area (Å²) in [6.45, 7) is 9.44. The fourth-order valence-electron chi connectivity index (χ4n) is 4.21. The Morgan fingerprint density at radius 2 is 1.56 bits per heavy atom. The minimum Gasteiger partial charge on any atom is -0.394 e. The van der Waals surface area contributed by atoms with E-state index in [2.05, 4.69) is 0 Å². The number of aliphatic hydroxyl groups excluding tert-OH is 1. The highest BCUT2D eigenvalue weighted by Crippen LogP contribution is 2.30. The largest absolute Gasteiger partial charge is 0.405 e. The molecular weight excluding hydrogens is 353 g/mol. The standard InChI is InChI=1S/C18H33F3N2.C3H8O/c1-15(2)23-13-12-22(14-17(23)18(19,20)21)11-7-6-10-16-8-4-3-5-9-16;1-3(2)4/h15-17H,3-14H2,1-2H3;3-4H,1-2H3. The number of rotatable bonds is 6. The van der Waals surface area contributed by atoms with Crippen LogP contribution >= 0.6 is 0 Å². The average molecular weight is 395 g/mol. The molecule has 1 N–H and O–H groups in total. The van der Waals surface area contributed by atoms with Gasteiger partial charge in [-0.2, -0.15) is 13.2 Å². The van der Waals surface area contributed by atoms with Crippen LogP contribution in [0.1, 0.15) is 79.1 Å². The number of halogens is 3. The van der Waals surface area contributed by atoms with Crippen molar-refractivity contribution in [2.75, 3.05) is 26.2 Å². The van der Waals surface area contributed by atoms with Crippen LogP contribution in [0.5, 0.6) is 0 Å². The van der Waals surface area contributed by atoms with Gasteiger partial charge in [0.15, 0.2) is 0 Å². The van der Waals surface area contributed by atoms with Crippen molar-refractivity contribution in [3.8, 4) is 0 Å². The van der Waals surface area contributed by atoms with E-state index in [0.29, 0.717) is 6.54 Å². The fraction of sp³-hybridized carbons (Fsp3) is 1.00. The Bertz CT molecular complexity index is 379. The van der Waals surface area contributed by atoms with Gasteiger partial charge in [-0.1, -0.05) is 44.9 Å². The predicted molar refractivity (Wildman–Crippen MR) is 106 cm³/mol.